The van der Waals surface area contributed by atoms with Crippen LogP contribution in [-0.2, 0) is 4.74 Å². The van der Waals surface area contributed by atoms with Gasteiger partial charge in [0.05, 0.1) is 5.56 Å². The van der Waals surface area contributed by atoms with Gasteiger partial charge >= 0.3 is 35.7 Å². The van der Waals surface area contributed by atoms with Crippen LogP contribution in [-0.4, -0.2) is 65.2 Å². The Hall–Kier alpha value is -0.960. The summed E-state index contributed by atoms with van der Waals surface area (Å²) < 4.78 is 5.14. The fourth-order valence-electron chi connectivity index (χ4n) is 1.69. The van der Waals surface area contributed by atoms with Crippen molar-refractivity contribution >= 4 is 60.0 Å². The van der Waals surface area contributed by atoms with Crippen molar-refractivity contribution in [2.24, 2.45) is 5.73 Å². The number of pyridine rings is 1. The van der Waals surface area contributed by atoms with Crippen molar-refractivity contribution in [1.82, 2.24) is 10.3 Å². The minimum atomic E-state index is -0.535. The number of ether oxygens (including phenoxy) is 1. The van der Waals surface area contributed by atoms with Gasteiger partial charge in [0.25, 0.3) is 0 Å². The first kappa shape index (κ1) is 23.0. The van der Waals surface area contributed by atoms with Gasteiger partial charge in [0, 0.05) is 24.2 Å². The zero-order valence-electron chi connectivity index (χ0n) is 13.7. The molecule has 2 amide bonds. The first-order chi connectivity index (χ1) is 10.7. The summed E-state index contributed by atoms with van der Waals surface area (Å²) in [6.45, 7) is 6.68. The van der Waals surface area contributed by atoms with Gasteiger partial charge in [-0.1, -0.05) is 0 Å². The zero-order chi connectivity index (χ0) is 17.5. The molecule has 1 rings (SSSR count). The number of aromatic nitrogens is 1. The molecule has 0 radical (unpaired) electrons. The molecule has 9 heteroatoms. The van der Waals surface area contributed by atoms with Crippen LogP contribution >= 0.6 is 12.6 Å². The quantitative estimate of drug-likeness (QED) is 0.334. The summed E-state index contributed by atoms with van der Waals surface area (Å²) in [4.78, 5) is 27.1. The number of thiol groups is 1. The SMILES string of the molecule is CC(C)(C)OC(=O)NCCCCNc1ncc(C(N)=O)cc1S.[NaH]. The predicted octanol–water partition coefficient (Wildman–Crippen LogP) is 1.54. The number of nitrogens with zero attached hydrogens (tertiary/aromatic N) is 1. The molecule has 1 aromatic rings. The molecule has 1 heterocycles. The van der Waals surface area contributed by atoms with Crippen molar-refractivity contribution in [3.8, 4) is 0 Å². The van der Waals surface area contributed by atoms with Gasteiger partial charge in [0.1, 0.15) is 11.4 Å². The molecular formula is C15H25N4NaO3S. The average Bonchev–Trinajstić information content (AvgIpc) is 2.41. The normalized spacial score (nSPS) is 10.5. The fourth-order valence-corrected chi connectivity index (χ4v) is 1.96. The van der Waals surface area contributed by atoms with Crippen molar-refractivity contribution in [2.45, 2.75) is 44.1 Å². The molecule has 4 N–H and O–H groups in total. The Bertz CT molecular complexity index is 564. The molecule has 0 saturated heterocycles. The summed E-state index contributed by atoms with van der Waals surface area (Å²) in [5.74, 6) is 0.0611. The molecule has 0 saturated carbocycles. The third kappa shape index (κ3) is 9.36. The Morgan fingerprint density at radius 3 is 2.46 bits per heavy atom. The summed E-state index contributed by atoms with van der Waals surface area (Å²) >= 11 is 4.27. The number of anilines is 1. The standard InChI is InChI=1S/C15H24N4O3S.Na.H/c1-15(2,3)22-14(21)18-7-5-4-6-17-13-11(23)8-10(9-19-13)12(16)20;;/h8-9,23H,4-7H2,1-3H3,(H2,16,20)(H,17,19)(H,18,21);;. The van der Waals surface area contributed by atoms with Crippen LogP contribution in [0.1, 0.15) is 44.0 Å². The molecule has 0 fully saturated rings. The number of carbonyl (C=O) groups excluding carboxylic acids is 2. The van der Waals surface area contributed by atoms with E-state index in [1.54, 1.807) is 6.07 Å². The minimum absolute atomic E-state index is 0. The predicted molar refractivity (Wildman–Crippen MR) is 99.1 cm³/mol. The van der Waals surface area contributed by atoms with Gasteiger partial charge in [-0.05, 0) is 39.7 Å². The van der Waals surface area contributed by atoms with Gasteiger partial charge in [0.2, 0.25) is 5.91 Å². The number of carbonyl (C=O) groups is 2. The summed E-state index contributed by atoms with van der Waals surface area (Å²) in [5, 5.41) is 5.82. The molecule has 130 valence electrons. The van der Waals surface area contributed by atoms with Crippen LogP contribution in [0.3, 0.4) is 0 Å². The second-order valence-electron chi connectivity index (χ2n) is 6.02. The molecule has 0 bridgehead atoms. The van der Waals surface area contributed by atoms with E-state index in [-0.39, 0.29) is 29.6 Å². The summed E-state index contributed by atoms with van der Waals surface area (Å²) in [7, 11) is 0. The zero-order valence-corrected chi connectivity index (χ0v) is 14.6. The first-order valence-corrected chi connectivity index (χ1v) is 7.83. The van der Waals surface area contributed by atoms with Gasteiger partial charge < -0.3 is 21.1 Å². The molecule has 24 heavy (non-hydrogen) atoms. The summed E-state index contributed by atoms with van der Waals surface area (Å²) in [6.07, 6.45) is 2.64. The molecule has 0 aliphatic carbocycles. The first-order valence-electron chi connectivity index (χ1n) is 7.38. The monoisotopic (exact) mass is 364 g/mol. The topological polar surface area (TPSA) is 106 Å². The molecule has 0 unspecified atom stereocenters. The van der Waals surface area contributed by atoms with E-state index in [4.69, 9.17) is 10.5 Å². The molecular weight excluding hydrogens is 339 g/mol. The molecule has 0 aromatic carbocycles. The molecule has 0 atom stereocenters. The summed E-state index contributed by atoms with van der Waals surface area (Å²) in [6, 6.07) is 1.57. The van der Waals surface area contributed by atoms with Crippen LogP contribution in [0.2, 0.25) is 0 Å². The summed E-state index contributed by atoms with van der Waals surface area (Å²) in [5.41, 5.74) is 5.01. The van der Waals surface area contributed by atoms with Crippen LogP contribution in [0.15, 0.2) is 17.2 Å². The maximum atomic E-state index is 11.4. The molecule has 7 nitrogen and oxygen atoms in total. The Labute approximate surface area is 170 Å². The van der Waals surface area contributed by atoms with Crippen LogP contribution < -0.4 is 16.4 Å². The van der Waals surface area contributed by atoms with Crippen LogP contribution in [0.25, 0.3) is 0 Å². The van der Waals surface area contributed by atoms with Gasteiger partial charge in [-0.25, -0.2) is 9.78 Å². The van der Waals surface area contributed by atoms with Crippen LogP contribution in [0.4, 0.5) is 10.6 Å². The number of alkyl carbamates (subject to hydrolysis) is 1. The second-order valence-corrected chi connectivity index (χ2v) is 6.50. The Kier molecular flexibility index (Phi) is 10.4. The number of hydrogen-bond acceptors (Lipinski definition) is 6. The van der Waals surface area contributed by atoms with E-state index in [0.717, 1.165) is 12.8 Å². The number of nitrogens with two attached hydrogens (primary N) is 1. The van der Waals surface area contributed by atoms with Gasteiger partial charge in [-0.3, -0.25) is 4.79 Å². The van der Waals surface area contributed by atoms with E-state index < -0.39 is 17.6 Å². The Morgan fingerprint density at radius 1 is 1.29 bits per heavy atom. The van der Waals surface area contributed by atoms with E-state index in [2.05, 4.69) is 28.2 Å². The maximum absolute atomic E-state index is 11.4. The average molecular weight is 364 g/mol. The van der Waals surface area contributed by atoms with Crippen molar-refractivity contribution in [2.75, 3.05) is 18.4 Å². The van der Waals surface area contributed by atoms with E-state index >= 15 is 0 Å². The number of primary amides is 1. The molecule has 1 aromatic heterocycles. The van der Waals surface area contributed by atoms with Gasteiger partial charge in [-0.2, -0.15) is 0 Å². The van der Waals surface area contributed by atoms with Crippen molar-refractivity contribution in [3.63, 3.8) is 0 Å². The molecule has 0 aliphatic rings. The van der Waals surface area contributed by atoms with E-state index in [1.807, 2.05) is 20.8 Å². The van der Waals surface area contributed by atoms with E-state index in [1.165, 1.54) is 6.20 Å². The number of rotatable bonds is 7. The fraction of sp³-hybridized carbons (Fsp3) is 0.533. The van der Waals surface area contributed by atoms with Gasteiger partial charge in [0.15, 0.2) is 0 Å². The molecule has 0 spiro atoms. The third-order valence-corrected chi connectivity index (χ3v) is 3.06. The number of unbranched alkanes of at least 4 members (excludes halogenated alkanes) is 1. The van der Waals surface area contributed by atoms with E-state index in [0.29, 0.717) is 29.4 Å². The van der Waals surface area contributed by atoms with Crippen molar-refractivity contribution < 1.29 is 14.3 Å². The number of amides is 2. The Balaban J connectivity index is 0.00000529. The van der Waals surface area contributed by atoms with Crippen molar-refractivity contribution in [1.29, 1.82) is 0 Å². The Morgan fingerprint density at radius 2 is 1.92 bits per heavy atom. The number of nitrogens with one attached hydrogen (secondary N) is 2. The third-order valence-electron chi connectivity index (χ3n) is 2.72. The van der Waals surface area contributed by atoms with Crippen LogP contribution in [0.5, 0.6) is 0 Å². The van der Waals surface area contributed by atoms with Gasteiger partial charge in [-0.15, -0.1) is 12.6 Å². The number of hydrogen-bond donors (Lipinski definition) is 4. The van der Waals surface area contributed by atoms with Crippen molar-refractivity contribution in [3.05, 3.63) is 17.8 Å². The van der Waals surface area contributed by atoms with E-state index in [9.17, 15) is 9.59 Å². The molecule has 0 aliphatic heterocycles. The van der Waals surface area contributed by atoms with Crippen LogP contribution in [0, 0.1) is 0 Å². The second kappa shape index (κ2) is 10.8.